The van der Waals surface area contributed by atoms with E-state index < -0.39 is 0 Å². The Morgan fingerprint density at radius 1 is 0.971 bits per heavy atom. The maximum atomic E-state index is 13.7. The number of nitrogens with zero attached hydrogens (tertiary/aromatic N) is 1. The molecule has 1 amide bonds. The predicted octanol–water partition coefficient (Wildman–Crippen LogP) is 8.32. The first-order valence-corrected chi connectivity index (χ1v) is 14.2. The number of rotatable bonds is 12. The monoisotopic (exact) mass is 494 g/mol. The summed E-state index contributed by atoms with van der Waals surface area (Å²) in [4.78, 5) is 19.4. The number of amides is 1. The molecular formula is C28H34N2O2S2. The number of unbranched alkanes of at least 4 members (excludes halogenated alkanes) is 3. The Morgan fingerprint density at radius 2 is 1.74 bits per heavy atom. The highest BCUT2D eigenvalue weighted by Crippen LogP contribution is 2.36. The van der Waals surface area contributed by atoms with E-state index in [1.165, 1.54) is 12.8 Å². The standard InChI is InChI=1S/C28H34N2O2S2/c1-5-6-7-11-17-24(21-13-12-16-23(19-21)32-22-14-9-8-10-15-22)27(31)30-26-25(33-3)18-20(2)29-28(26)34-4/h8-10,12-16,18-19,24H,5-7,11,17H2,1-4H3,(H,30,31). The van der Waals surface area contributed by atoms with Crippen LogP contribution in [0.15, 0.2) is 70.6 Å². The van der Waals surface area contributed by atoms with Gasteiger partial charge in [-0.05, 0) is 61.8 Å². The highest BCUT2D eigenvalue weighted by Gasteiger charge is 2.23. The van der Waals surface area contributed by atoms with Gasteiger partial charge in [0.15, 0.2) is 0 Å². The van der Waals surface area contributed by atoms with Gasteiger partial charge in [0.05, 0.1) is 11.6 Å². The van der Waals surface area contributed by atoms with E-state index in [1.54, 1.807) is 23.5 Å². The van der Waals surface area contributed by atoms with E-state index in [2.05, 4.69) is 17.2 Å². The number of hydrogen-bond acceptors (Lipinski definition) is 5. The minimum atomic E-state index is -0.262. The number of para-hydroxylation sites is 1. The zero-order chi connectivity index (χ0) is 24.3. The third-order valence-corrected chi connectivity index (χ3v) is 7.09. The van der Waals surface area contributed by atoms with E-state index in [0.717, 1.165) is 57.6 Å². The quantitative estimate of drug-likeness (QED) is 0.203. The lowest BCUT2D eigenvalue weighted by Crippen LogP contribution is -2.22. The molecule has 4 nitrogen and oxygen atoms in total. The minimum Gasteiger partial charge on any atom is -0.457 e. The summed E-state index contributed by atoms with van der Waals surface area (Å²) in [7, 11) is 0. The number of pyridine rings is 1. The van der Waals surface area contributed by atoms with Gasteiger partial charge in [-0.3, -0.25) is 4.79 Å². The summed E-state index contributed by atoms with van der Waals surface area (Å²) in [5, 5.41) is 4.08. The number of nitrogens with one attached hydrogen (secondary N) is 1. The van der Waals surface area contributed by atoms with Crippen LogP contribution < -0.4 is 10.1 Å². The van der Waals surface area contributed by atoms with Crippen molar-refractivity contribution in [1.82, 2.24) is 4.98 Å². The minimum absolute atomic E-state index is 0.00427. The second-order valence-corrected chi connectivity index (χ2v) is 9.87. The highest BCUT2D eigenvalue weighted by molar-refractivity contribution is 7.99. The molecule has 0 spiro atoms. The number of anilines is 1. The van der Waals surface area contributed by atoms with Crippen molar-refractivity contribution in [3.63, 3.8) is 0 Å². The number of aryl methyl sites for hydroxylation is 1. The van der Waals surface area contributed by atoms with Crippen molar-refractivity contribution in [2.24, 2.45) is 0 Å². The third kappa shape index (κ3) is 7.28. The molecule has 1 N–H and O–H groups in total. The normalized spacial score (nSPS) is 11.8. The van der Waals surface area contributed by atoms with Gasteiger partial charge in [0, 0.05) is 10.6 Å². The summed E-state index contributed by atoms with van der Waals surface area (Å²) >= 11 is 3.19. The summed E-state index contributed by atoms with van der Waals surface area (Å²) < 4.78 is 6.05. The lowest BCUT2D eigenvalue weighted by atomic mass is 9.92. The maximum absolute atomic E-state index is 13.7. The number of aromatic nitrogens is 1. The lowest BCUT2D eigenvalue weighted by Gasteiger charge is -2.20. The van der Waals surface area contributed by atoms with Crippen LogP contribution in [0, 0.1) is 6.92 Å². The first kappa shape index (κ1) is 26.2. The van der Waals surface area contributed by atoms with Crippen LogP contribution in [0.3, 0.4) is 0 Å². The number of carbonyl (C=O) groups is 1. The van der Waals surface area contributed by atoms with Crippen LogP contribution in [0.25, 0.3) is 0 Å². The molecule has 180 valence electrons. The highest BCUT2D eigenvalue weighted by atomic mass is 32.2. The zero-order valence-corrected chi connectivity index (χ0v) is 22.1. The molecule has 0 saturated carbocycles. The van der Waals surface area contributed by atoms with Crippen LogP contribution in [-0.2, 0) is 4.79 Å². The second-order valence-electron chi connectivity index (χ2n) is 8.23. The van der Waals surface area contributed by atoms with E-state index in [9.17, 15) is 4.79 Å². The molecule has 3 rings (SSSR count). The van der Waals surface area contributed by atoms with Crippen LogP contribution in [0.4, 0.5) is 5.69 Å². The smallest absolute Gasteiger partial charge is 0.232 e. The predicted molar refractivity (Wildman–Crippen MR) is 146 cm³/mol. The largest absolute Gasteiger partial charge is 0.457 e. The fraction of sp³-hybridized carbons (Fsp3) is 0.357. The molecule has 0 aliphatic rings. The van der Waals surface area contributed by atoms with Crippen molar-refractivity contribution in [3.05, 3.63) is 71.9 Å². The Bertz CT molecular complexity index is 1050. The molecular weight excluding hydrogens is 460 g/mol. The van der Waals surface area contributed by atoms with E-state index in [1.807, 2.05) is 80.1 Å². The van der Waals surface area contributed by atoms with Crippen molar-refractivity contribution in [2.45, 2.75) is 61.8 Å². The van der Waals surface area contributed by atoms with Crippen molar-refractivity contribution >= 4 is 35.1 Å². The number of thioether (sulfide) groups is 2. The van der Waals surface area contributed by atoms with E-state index in [0.29, 0.717) is 0 Å². The Kier molecular flexibility index (Phi) is 10.4. The van der Waals surface area contributed by atoms with Gasteiger partial charge < -0.3 is 10.1 Å². The first-order valence-electron chi connectivity index (χ1n) is 11.8. The Labute approximate surface area is 212 Å². The molecule has 0 saturated heterocycles. The molecule has 0 radical (unpaired) electrons. The summed E-state index contributed by atoms with van der Waals surface area (Å²) in [6.07, 6.45) is 9.30. The van der Waals surface area contributed by atoms with Crippen molar-refractivity contribution in [2.75, 3.05) is 17.8 Å². The number of ether oxygens (including phenoxy) is 1. The topological polar surface area (TPSA) is 51.2 Å². The van der Waals surface area contributed by atoms with Gasteiger partial charge in [-0.15, -0.1) is 23.5 Å². The van der Waals surface area contributed by atoms with Gasteiger partial charge in [-0.1, -0.05) is 62.9 Å². The zero-order valence-electron chi connectivity index (χ0n) is 20.5. The molecule has 0 fully saturated rings. The molecule has 1 unspecified atom stereocenters. The van der Waals surface area contributed by atoms with Crippen LogP contribution in [-0.4, -0.2) is 23.4 Å². The van der Waals surface area contributed by atoms with Gasteiger partial charge in [0.2, 0.25) is 5.91 Å². The van der Waals surface area contributed by atoms with E-state index in [4.69, 9.17) is 4.74 Å². The Morgan fingerprint density at radius 3 is 2.44 bits per heavy atom. The molecule has 3 aromatic rings. The molecule has 2 aromatic carbocycles. The molecule has 0 aliphatic heterocycles. The Balaban J connectivity index is 1.88. The average Bonchev–Trinajstić information content (AvgIpc) is 2.85. The molecule has 0 aliphatic carbocycles. The fourth-order valence-corrected chi connectivity index (χ4v) is 5.20. The summed E-state index contributed by atoms with van der Waals surface area (Å²) in [5.74, 6) is 1.26. The Hall–Kier alpha value is -2.44. The van der Waals surface area contributed by atoms with Gasteiger partial charge in [-0.25, -0.2) is 4.98 Å². The van der Waals surface area contributed by atoms with Gasteiger partial charge in [0.1, 0.15) is 16.5 Å². The van der Waals surface area contributed by atoms with Gasteiger partial charge in [-0.2, -0.15) is 0 Å². The van der Waals surface area contributed by atoms with Crippen molar-refractivity contribution < 1.29 is 9.53 Å². The average molecular weight is 495 g/mol. The van der Waals surface area contributed by atoms with E-state index >= 15 is 0 Å². The SMILES string of the molecule is CCCCCCC(C(=O)Nc1c(SC)cc(C)nc1SC)c1cccc(Oc2ccccc2)c1. The van der Waals surface area contributed by atoms with Gasteiger partial charge in [0.25, 0.3) is 0 Å². The summed E-state index contributed by atoms with van der Waals surface area (Å²) in [6, 6.07) is 19.7. The summed E-state index contributed by atoms with van der Waals surface area (Å²) in [6.45, 7) is 4.19. The van der Waals surface area contributed by atoms with E-state index in [-0.39, 0.29) is 11.8 Å². The molecule has 1 heterocycles. The molecule has 1 atom stereocenters. The molecule has 34 heavy (non-hydrogen) atoms. The van der Waals surface area contributed by atoms with Crippen LogP contribution in [0.1, 0.15) is 56.2 Å². The third-order valence-electron chi connectivity index (χ3n) is 5.64. The lowest BCUT2D eigenvalue weighted by molar-refractivity contribution is -0.117. The first-order chi connectivity index (χ1) is 16.5. The maximum Gasteiger partial charge on any atom is 0.232 e. The van der Waals surface area contributed by atoms with Crippen molar-refractivity contribution in [1.29, 1.82) is 0 Å². The molecule has 1 aromatic heterocycles. The van der Waals surface area contributed by atoms with Crippen LogP contribution in [0.2, 0.25) is 0 Å². The van der Waals surface area contributed by atoms with Crippen LogP contribution >= 0.6 is 23.5 Å². The summed E-state index contributed by atoms with van der Waals surface area (Å²) in [5.41, 5.74) is 2.73. The molecule has 0 bridgehead atoms. The van der Waals surface area contributed by atoms with Gasteiger partial charge >= 0.3 is 0 Å². The second kappa shape index (κ2) is 13.4. The number of carbonyl (C=O) groups excluding carboxylic acids is 1. The number of hydrogen-bond donors (Lipinski definition) is 1. The molecule has 6 heteroatoms. The van der Waals surface area contributed by atoms with Crippen LogP contribution in [0.5, 0.6) is 11.5 Å². The fourth-order valence-electron chi connectivity index (χ4n) is 3.89. The number of benzene rings is 2. The van der Waals surface area contributed by atoms with Crippen molar-refractivity contribution in [3.8, 4) is 11.5 Å².